The number of rotatable bonds is 7. The predicted molar refractivity (Wildman–Crippen MR) is 127 cm³/mol. The number of hydrogen-bond acceptors (Lipinski definition) is 8. The van der Waals surface area contributed by atoms with Gasteiger partial charge in [-0.25, -0.2) is 13.2 Å². The number of carboxylic acid groups (broad SMARTS) is 1. The monoisotopic (exact) mass is 499 g/mol. The van der Waals surface area contributed by atoms with Crippen LogP contribution in [0, 0.1) is 11.3 Å². The summed E-state index contributed by atoms with van der Waals surface area (Å²) in [5.74, 6) is -0.846. The number of sulfone groups is 1. The van der Waals surface area contributed by atoms with Crippen LogP contribution in [0.5, 0.6) is 0 Å². The van der Waals surface area contributed by atoms with E-state index < -0.39 is 38.3 Å². The van der Waals surface area contributed by atoms with Crippen molar-refractivity contribution in [3.05, 3.63) is 46.9 Å². The van der Waals surface area contributed by atoms with Crippen molar-refractivity contribution < 1.29 is 23.1 Å². The summed E-state index contributed by atoms with van der Waals surface area (Å²) in [7, 11) is -3.43. The second-order valence-corrected chi connectivity index (χ2v) is 11.3. The molecule has 11 nitrogen and oxygen atoms in total. The minimum atomic E-state index is -3.43. The number of aromatic amines is 1. The number of anilines is 2. The lowest BCUT2D eigenvalue weighted by atomic mass is 9.87. The molecule has 184 valence electrons. The van der Waals surface area contributed by atoms with E-state index in [0.717, 1.165) is 0 Å². The van der Waals surface area contributed by atoms with Gasteiger partial charge in [0.25, 0.3) is 5.56 Å². The number of ether oxygens (including phenoxy) is 1. The number of carbonyl (C=O) groups is 1. The molecule has 2 unspecified atom stereocenters. The van der Waals surface area contributed by atoms with Gasteiger partial charge in [-0.05, 0) is 57.0 Å². The first-order valence-electron chi connectivity index (χ1n) is 11.0. The van der Waals surface area contributed by atoms with Crippen LogP contribution in [0.25, 0.3) is 10.9 Å². The summed E-state index contributed by atoms with van der Waals surface area (Å²) in [5.41, 5.74) is -0.380. The third kappa shape index (κ3) is 4.40. The molecular weight excluding hydrogens is 474 g/mol. The van der Waals surface area contributed by atoms with Crippen molar-refractivity contribution in [1.29, 1.82) is 5.26 Å². The van der Waals surface area contributed by atoms with E-state index in [0.29, 0.717) is 17.6 Å². The maximum atomic E-state index is 12.7. The van der Waals surface area contributed by atoms with Gasteiger partial charge in [-0.1, -0.05) is 0 Å². The number of nitrogens with zero attached hydrogens (tertiary/aromatic N) is 3. The van der Waals surface area contributed by atoms with Crippen LogP contribution >= 0.6 is 0 Å². The Kier molecular flexibility index (Phi) is 6.40. The van der Waals surface area contributed by atoms with Gasteiger partial charge in [0.15, 0.2) is 21.8 Å². The van der Waals surface area contributed by atoms with Crippen molar-refractivity contribution in [2.24, 2.45) is 0 Å². The Morgan fingerprint density at radius 1 is 1.37 bits per heavy atom. The maximum Gasteiger partial charge on any atom is 0.332 e. The van der Waals surface area contributed by atoms with Gasteiger partial charge in [0.2, 0.25) is 0 Å². The molecular formula is C23H25N5O6S. The zero-order valence-corrected chi connectivity index (χ0v) is 20.0. The van der Waals surface area contributed by atoms with Crippen LogP contribution in [0.15, 0.2) is 46.2 Å². The molecule has 0 aliphatic carbocycles. The van der Waals surface area contributed by atoms with Crippen LogP contribution < -0.4 is 10.9 Å². The normalized spacial score (nSPS) is 20.6. The van der Waals surface area contributed by atoms with E-state index in [2.05, 4.69) is 21.5 Å². The number of aromatic nitrogens is 3. The van der Waals surface area contributed by atoms with Crippen molar-refractivity contribution in [2.45, 2.75) is 54.9 Å². The molecule has 3 heterocycles. The number of nitriles is 1. The molecule has 0 saturated carbocycles. The van der Waals surface area contributed by atoms with Crippen molar-refractivity contribution in [3.8, 4) is 6.07 Å². The highest BCUT2D eigenvalue weighted by Gasteiger charge is 2.42. The molecule has 4 rings (SSSR count). The first kappa shape index (κ1) is 24.4. The lowest BCUT2D eigenvalue weighted by molar-refractivity contribution is -0.158. The number of hydrogen-bond donors (Lipinski definition) is 3. The zero-order valence-electron chi connectivity index (χ0n) is 19.2. The highest BCUT2D eigenvalue weighted by atomic mass is 32.2. The summed E-state index contributed by atoms with van der Waals surface area (Å²) in [4.78, 5) is 26.9. The Labute approximate surface area is 201 Å². The molecule has 0 bridgehead atoms. The molecule has 0 spiro atoms. The molecule has 1 aromatic carbocycles. The fourth-order valence-electron chi connectivity index (χ4n) is 4.20. The Morgan fingerprint density at radius 3 is 2.66 bits per heavy atom. The van der Waals surface area contributed by atoms with E-state index in [4.69, 9.17) is 4.74 Å². The van der Waals surface area contributed by atoms with E-state index >= 15 is 0 Å². The molecule has 1 fully saturated rings. The molecule has 3 aromatic rings. The number of fused-ring (bicyclic) bond motifs is 1. The fraction of sp³-hybridized carbons (Fsp3) is 0.391. The van der Waals surface area contributed by atoms with Crippen molar-refractivity contribution in [3.63, 3.8) is 0 Å². The molecule has 0 radical (unpaired) electrons. The fourth-order valence-corrected chi connectivity index (χ4v) is 5.26. The SMILES string of the molecule is CC(C)S(=O)(=O)c1ccc(Nc2nn(C3(CC#N)CCC(C(=O)O)OC3)c3cc[nH]c(=O)c23)cc1. The van der Waals surface area contributed by atoms with Gasteiger partial charge < -0.3 is 20.1 Å². The lowest BCUT2D eigenvalue weighted by Gasteiger charge is -2.38. The summed E-state index contributed by atoms with van der Waals surface area (Å²) >= 11 is 0. The molecule has 2 atom stereocenters. The largest absolute Gasteiger partial charge is 0.479 e. The van der Waals surface area contributed by atoms with Crippen molar-refractivity contribution in [2.75, 3.05) is 11.9 Å². The average molecular weight is 500 g/mol. The van der Waals surface area contributed by atoms with Gasteiger partial charge in [0.1, 0.15) is 5.39 Å². The molecule has 1 aliphatic rings. The molecule has 1 aliphatic heterocycles. The van der Waals surface area contributed by atoms with Crippen LogP contribution in [-0.2, 0) is 24.9 Å². The number of H-pyrrole nitrogens is 1. The number of benzene rings is 1. The van der Waals surface area contributed by atoms with Crippen LogP contribution in [-0.4, -0.2) is 52.2 Å². The van der Waals surface area contributed by atoms with Gasteiger partial charge >= 0.3 is 5.97 Å². The number of nitrogens with one attached hydrogen (secondary N) is 2. The van der Waals surface area contributed by atoms with Gasteiger partial charge in [0, 0.05) is 11.9 Å². The molecule has 3 N–H and O–H groups in total. The summed E-state index contributed by atoms with van der Waals surface area (Å²) in [5, 5.41) is 26.2. The van der Waals surface area contributed by atoms with E-state index in [9.17, 15) is 28.4 Å². The van der Waals surface area contributed by atoms with Crippen molar-refractivity contribution in [1.82, 2.24) is 14.8 Å². The highest BCUT2D eigenvalue weighted by molar-refractivity contribution is 7.92. The summed E-state index contributed by atoms with van der Waals surface area (Å²) in [6, 6.07) is 9.94. The van der Waals surface area contributed by atoms with Crippen molar-refractivity contribution >= 4 is 38.2 Å². The van der Waals surface area contributed by atoms with Gasteiger partial charge in [0.05, 0.1) is 40.3 Å². The minimum Gasteiger partial charge on any atom is -0.479 e. The number of aliphatic carboxylic acids is 1. The molecule has 0 amide bonds. The molecule has 1 saturated heterocycles. The standard InChI is InChI=1S/C23H25N5O6S/c1-14(2)35(32,33)16-5-3-15(4-6-16)26-20-19-17(8-12-25-21(19)29)28(27-20)23(10-11-24)9-7-18(22(30)31)34-13-23/h3-6,8,12,14,18H,7,9-10,13H2,1-2H3,(H,25,29)(H,26,27)(H,30,31). The van der Waals surface area contributed by atoms with Gasteiger partial charge in [-0.15, -0.1) is 0 Å². The second kappa shape index (κ2) is 9.16. The minimum absolute atomic E-state index is 0.00408. The average Bonchev–Trinajstić information content (AvgIpc) is 3.20. The van der Waals surface area contributed by atoms with Crippen LogP contribution in [0.3, 0.4) is 0 Å². The third-order valence-corrected chi connectivity index (χ3v) is 8.40. The maximum absolute atomic E-state index is 12.7. The smallest absolute Gasteiger partial charge is 0.332 e. The van der Waals surface area contributed by atoms with Crippen LogP contribution in [0.2, 0.25) is 0 Å². The predicted octanol–water partition coefficient (Wildman–Crippen LogP) is 2.52. The number of pyridine rings is 1. The highest BCUT2D eigenvalue weighted by Crippen LogP contribution is 2.37. The Hall–Kier alpha value is -3.69. The lowest BCUT2D eigenvalue weighted by Crippen LogP contribution is -2.46. The summed E-state index contributed by atoms with van der Waals surface area (Å²) < 4.78 is 31.9. The summed E-state index contributed by atoms with van der Waals surface area (Å²) in [6.45, 7) is 3.16. The zero-order chi connectivity index (χ0) is 25.4. The van der Waals surface area contributed by atoms with Crippen LogP contribution in [0.1, 0.15) is 33.1 Å². The Bertz CT molecular complexity index is 1460. The Morgan fingerprint density at radius 2 is 2.09 bits per heavy atom. The molecule has 12 heteroatoms. The van der Waals surface area contributed by atoms with E-state index in [1.807, 2.05) is 0 Å². The Balaban J connectivity index is 1.75. The quantitative estimate of drug-likeness (QED) is 0.442. The van der Waals surface area contributed by atoms with E-state index in [-0.39, 0.29) is 35.5 Å². The number of carboxylic acids is 1. The second-order valence-electron chi connectivity index (χ2n) is 8.81. The third-order valence-electron chi connectivity index (χ3n) is 6.23. The van der Waals surface area contributed by atoms with E-state index in [1.54, 1.807) is 36.7 Å². The first-order valence-corrected chi connectivity index (χ1v) is 12.6. The van der Waals surface area contributed by atoms with Crippen LogP contribution in [0.4, 0.5) is 11.5 Å². The summed E-state index contributed by atoms with van der Waals surface area (Å²) in [6.07, 6.45) is 1.02. The molecule has 2 aromatic heterocycles. The molecule has 35 heavy (non-hydrogen) atoms. The first-order chi connectivity index (χ1) is 16.6. The van der Waals surface area contributed by atoms with E-state index in [1.165, 1.54) is 18.3 Å². The topological polar surface area (TPSA) is 167 Å². The van der Waals surface area contributed by atoms with Gasteiger partial charge in [-0.3, -0.25) is 9.48 Å². The van der Waals surface area contributed by atoms with Gasteiger partial charge in [-0.2, -0.15) is 10.4 Å².